The van der Waals surface area contributed by atoms with Crippen molar-refractivity contribution in [1.29, 1.82) is 0 Å². The predicted molar refractivity (Wildman–Crippen MR) is 125 cm³/mol. The van der Waals surface area contributed by atoms with Gasteiger partial charge in [-0.15, -0.1) is 0 Å². The highest BCUT2D eigenvalue weighted by atomic mass is 35.5. The molecule has 6 heteroatoms. The maximum Gasteiger partial charge on any atom is 0.326 e. The largest absolute Gasteiger partial charge is 0.494 e. The van der Waals surface area contributed by atoms with Gasteiger partial charge in [-0.05, 0) is 73.2 Å². The van der Waals surface area contributed by atoms with Gasteiger partial charge >= 0.3 is 6.03 Å². The standard InChI is InChI=1S/C24H26ClN3O2/c1-4-30-23-15-13-22(14-16-23)28(17-18-5-11-21(12-6-18)27(2)3)24(29)26-20-9-7-19(25)8-10-20/h5-16H,4,17H2,1-3H3,(H,26,29). The third-order valence-corrected chi connectivity index (χ3v) is 4.85. The molecule has 0 bridgehead atoms. The third-order valence-electron chi connectivity index (χ3n) is 4.59. The molecule has 2 amide bonds. The Hall–Kier alpha value is -3.18. The zero-order valence-electron chi connectivity index (χ0n) is 17.4. The van der Waals surface area contributed by atoms with Crippen LogP contribution >= 0.6 is 11.6 Å². The van der Waals surface area contributed by atoms with Gasteiger partial charge in [0.05, 0.1) is 13.2 Å². The van der Waals surface area contributed by atoms with Crippen LogP contribution in [-0.4, -0.2) is 26.7 Å². The number of amides is 2. The van der Waals surface area contributed by atoms with Crippen LogP contribution in [0.3, 0.4) is 0 Å². The second kappa shape index (κ2) is 10.0. The second-order valence-electron chi connectivity index (χ2n) is 7.01. The molecule has 0 aliphatic heterocycles. The van der Waals surface area contributed by atoms with E-state index < -0.39 is 0 Å². The molecule has 1 N–H and O–H groups in total. The number of urea groups is 1. The SMILES string of the molecule is CCOc1ccc(N(Cc2ccc(N(C)C)cc2)C(=O)Nc2ccc(Cl)cc2)cc1. The zero-order valence-corrected chi connectivity index (χ0v) is 18.2. The Bertz CT molecular complexity index is 955. The maximum atomic E-state index is 13.1. The Morgan fingerprint density at radius 1 is 0.900 bits per heavy atom. The van der Waals surface area contributed by atoms with Crippen LogP contribution in [0, 0.1) is 0 Å². The van der Waals surface area contributed by atoms with Crippen molar-refractivity contribution < 1.29 is 9.53 Å². The summed E-state index contributed by atoms with van der Waals surface area (Å²) in [5, 5.41) is 3.57. The van der Waals surface area contributed by atoms with E-state index in [1.807, 2.05) is 74.4 Å². The second-order valence-corrected chi connectivity index (χ2v) is 7.45. The van der Waals surface area contributed by atoms with Crippen molar-refractivity contribution in [2.24, 2.45) is 0 Å². The summed E-state index contributed by atoms with van der Waals surface area (Å²) in [5.74, 6) is 0.773. The van der Waals surface area contributed by atoms with Crippen molar-refractivity contribution in [2.75, 3.05) is 35.8 Å². The number of hydrogen-bond donors (Lipinski definition) is 1. The number of ether oxygens (including phenoxy) is 1. The fourth-order valence-corrected chi connectivity index (χ4v) is 3.10. The fraction of sp³-hybridized carbons (Fsp3) is 0.208. The number of rotatable bonds is 7. The van der Waals surface area contributed by atoms with Crippen molar-refractivity contribution in [2.45, 2.75) is 13.5 Å². The molecule has 0 aliphatic carbocycles. The number of carbonyl (C=O) groups excluding carboxylic acids is 1. The monoisotopic (exact) mass is 423 g/mol. The number of halogens is 1. The minimum Gasteiger partial charge on any atom is -0.494 e. The lowest BCUT2D eigenvalue weighted by atomic mass is 10.1. The smallest absolute Gasteiger partial charge is 0.326 e. The third kappa shape index (κ3) is 5.67. The first-order chi connectivity index (χ1) is 14.5. The van der Waals surface area contributed by atoms with Gasteiger partial charge in [0.1, 0.15) is 5.75 Å². The Morgan fingerprint density at radius 2 is 1.50 bits per heavy atom. The van der Waals surface area contributed by atoms with Crippen molar-refractivity contribution in [1.82, 2.24) is 0 Å². The lowest BCUT2D eigenvalue weighted by molar-refractivity contribution is 0.256. The molecule has 0 saturated carbocycles. The summed E-state index contributed by atoms with van der Waals surface area (Å²) in [6.45, 7) is 2.97. The Balaban J connectivity index is 1.84. The first-order valence-electron chi connectivity index (χ1n) is 9.79. The molecule has 0 heterocycles. The van der Waals surface area contributed by atoms with Crippen LogP contribution in [0.25, 0.3) is 0 Å². The van der Waals surface area contributed by atoms with E-state index in [4.69, 9.17) is 16.3 Å². The molecule has 0 radical (unpaired) electrons. The van der Waals surface area contributed by atoms with Crippen molar-refractivity contribution in [3.63, 3.8) is 0 Å². The molecule has 156 valence electrons. The molecule has 0 fully saturated rings. The van der Waals surface area contributed by atoms with Crippen molar-refractivity contribution >= 4 is 34.7 Å². The van der Waals surface area contributed by atoms with E-state index in [9.17, 15) is 4.79 Å². The Labute approximate surface area is 182 Å². The summed E-state index contributed by atoms with van der Waals surface area (Å²) in [7, 11) is 4.00. The van der Waals surface area contributed by atoms with Crippen LogP contribution in [-0.2, 0) is 6.54 Å². The number of hydrogen-bond acceptors (Lipinski definition) is 3. The molecule has 0 aliphatic rings. The zero-order chi connectivity index (χ0) is 21.5. The maximum absolute atomic E-state index is 13.1. The minimum atomic E-state index is -0.224. The Kier molecular flexibility index (Phi) is 7.20. The molecule has 0 aromatic heterocycles. The molecule has 3 aromatic carbocycles. The summed E-state index contributed by atoms with van der Waals surface area (Å²) in [6, 6.07) is 22.5. The van der Waals surface area contributed by atoms with Crippen molar-refractivity contribution in [3.05, 3.63) is 83.4 Å². The van der Waals surface area contributed by atoms with Gasteiger partial charge in [-0.1, -0.05) is 23.7 Å². The first-order valence-corrected chi connectivity index (χ1v) is 10.2. The van der Waals surface area contributed by atoms with E-state index in [1.54, 1.807) is 29.2 Å². The van der Waals surface area contributed by atoms with E-state index in [0.717, 1.165) is 22.7 Å². The molecule has 0 spiro atoms. The molecule has 0 saturated heterocycles. The Morgan fingerprint density at radius 3 is 2.07 bits per heavy atom. The van der Waals surface area contributed by atoms with Gasteiger partial charge in [0.2, 0.25) is 0 Å². The highest BCUT2D eigenvalue weighted by Gasteiger charge is 2.17. The molecular formula is C24H26ClN3O2. The molecular weight excluding hydrogens is 398 g/mol. The van der Waals surface area contributed by atoms with Gasteiger partial charge in [0.25, 0.3) is 0 Å². The van der Waals surface area contributed by atoms with Crippen LogP contribution in [0.15, 0.2) is 72.8 Å². The van der Waals surface area contributed by atoms with E-state index in [-0.39, 0.29) is 6.03 Å². The number of nitrogens with zero attached hydrogens (tertiary/aromatic N) is 2. The molecule has 0 atom stereocenters. The molecule has 0 unspecified atom stereocenters. The highest BCUT2D eigenvalue weighted by Crippen LogP contribution is 2.24. The molecule has 3 rings (SSSR count). The van der Waals surface area contributed by atoms with Gasteiger partial charge in [0.15, 0.2) is 0 Å². The summed E-state index contributed by atoms with van der Waals surface area (Å²) in [5.41, 5.74) is 3.60. The molecule has 5 nitrogen and oxygen atoms in total. The number of benzene rings is 3. The average Bonchev–Trinajstić information content (AvgIpc) is 2.75. The van der Waals surface area contributed by atoms with Gasteiger partial charge in [0, 0.05) is 36.2 Å². The lowest BCUT2D eigenvalue weighted by Crippen LogP contribution is -2.34. The first kappa shape index (κ1) is 21.5. The highest BCUT2D eigenvalue weighted by molar-refractivity contribution is 6.30. The predicted octanol–water partition coefficient (Wildman–Crippen LogP) is 6.04. The van der Waals surface area contributed by atoms with Gasteiger partial charge < -0.3 is 15.0 Å². The summed E-state index contributed by atoms with van der Waals surface area (Å²) < 4.78 is 5.53. The van der Waals surface area contributed by atoms with Gasteiger partial charge in [-0.25, -0.2) is 4.79 Å². The van der Waals surface area contributed by atoms with Crippen LogP contribution in [0.1, 0.15) is 12.5 Å². The minimum absolute atomic E-state index is 0.224. The van der Waals surface area contributed by atoms with Crippen molar-refractivity contribution in [3.8, 4) is 5.75 Å². The van der Waals surface area contributed by atoms with Crippen LogP contribution in [0.2, 0.25) is 5.02 Å². The number of nitrogens with one attached hydrogen (secondary N) is 1. The molecule has 30 heavy (non-hydrogen) atoms. The van der Waals surface area contributed by atoms with Crippen LogP contribution in [0.4, 0.5) is 21.9 Å². The summed E-state index contributed by atoms with van der Waals surface area (Å²) in [4.78, 5) is 16.9. The van der Waals surface area contributed by atoms with E-state index in [0.29, 0.717) is 23.9 Å². The lowest BCUT2D eigenvalue weighted by Gasteiger charge is -2.24. The van der Waals surface area contributed by atoms with E-state index >= 15 is 0 Å². The summed E-state index contributed by atoms with van der Waals surface area (Å²) in [6.07, 6.45) is 0. The van der Waals surface area contributed by atoms with Crippen LogP contribution < -0.4 is 19.9 Å². The fourth-order valence-electron chi connectivity index (χ4n) is 2.98. The number of anilines is 3. The average molecular weight is 424 g/mol. The van der Waals surface area contributed by atoms with Gasteiger partial charge in [-0.2, -0.15) is 0 Å². The quantitative estimate of drug-likeness (QED) is 0.503. The van der Waals surface area contributed by atoms with E-state index in [2.05, 4.69) is 5.32 Å². The molecule has 3 aromatic rings. The van der Waals surface area contributed by atoms with Crippen LogP contribution in [0.5, 0.6) is 5.75 Å². The van der Waals surface area contributed by atoms with Gasteiger partial charge in [-0.3, -0.25) is 4.90 Å². The normalized spacial score (nSPS) is 10.4. The topological polar surface area (TPSA) is 44.8 Å². The summed E-state index contributed by atoms with van der Waals surface area (Å²) >= 11 is 5.95. The van der Waals surface area contributed by atoms with E-state index in [1.165, 1.54) is 0 Å². The number of carbonyl (C=O) groups is 1.